The average Bonchev–Trinajstić information content (AvgIpc) is 2.55. The predicted octanol–water partition coefficient (Wildman–Crippen LogP) is 1.27. The van der Waals surface area contributed by atoms with Gasteiger partial charge in [-0.15, -0.1) is 0 Å². The first-order chi connectivity index (χ1) is 10.6. The lowest BCUT2D eigenvalue weighted by molar-refractivity contribution is 0.408. The third kappa shape index (κ3) is 2.40. The molecule has 1 aromatic heterocycles. The van der Waals surface area contributed by atoms with Crippen molar-refractivity contribution < 1.29 is 4.74 Å². The fourth-order valence-corrected chi connectivity index (χ4v) is 2.43. The third-order valence-corrected chi connectivity index (χ3v) is 3.58. The van der Waals surface area contributed by atoms with E-state index in [0.717, 1.165) is 11.1 Å². The van der Waals surface area contributed by atoms with Crippen molar-refractivity contribution >= 4 is 11.0 Å². The largest absolute Gasteiger partial charge is 0.496 e. The number of fused-ring (bicyclic) bond motifs is 1. The molecule has 0 spiro atoms. The Morgan fingerprint density at radius 2 is 1.68 bits per heavy atom. The van der Waals surface area contributed by atoms with Crippen molar-refractivity contribution in [2.75, 3.05) is 7.11 Å². The summed E-state index contributed by atoms with van der Waals surface area (Å²) in [6, 6.07) is 12.4. The van der Waals surface area contributed by atoms with E-state index < -0.39 is 17.2 Å². The summed E-state index contributed by atoms with van der Waals surface area (Å²) in [5.74, 6) is 0.699. The van der Waals surface area contributed by atoms with Gasteiger partial charge in [-0.2, -0.15) is 0 Å². The van der Waals surface area contributed by atoms with E-state index in [4.69, 9.17) is 10.5 Å². The number of nitrogens with one attached hydrogen (secondary N) is 2. The van der Waals surface area contributed by atoms with Gasteiger partial charge in [-0.25, -0.2) is 0 Å². The van der Waals surface area contributed by atoms with E-state index in [2.05, 4.69) is 9.97 Å². The Hall–Kier alpha value is -2.86. The van der Waals surface area contributed by atoms with E-state index in [1.54, 1.807) is 19.2 Å². The summed E-state index contributed by atoms with van der Waals surface area (Å²) in [4.78, 5) is 27.8. The maximum atomic E-state index is 11.4. The molecular formula is C16H15N3O3. The van der Waals surface area contributed by atoms with Crippen LogP contribution in [0.15, 0.2) is 52.1 Å². The van der Waals surface area contributed by atoms with E-state index >= 15 is 0 Å². The van der Waals surface area contributed by atoms with Gasteiger partial charge in [-0.05, 0) is 23.8 Å². The molecule has 3 aromatic rings. The minimum absolute atomic E-state index is 0.406. The first kappa shape index (κ1) is 14.1. The zero-order valence-corrected chi connectivity index (χ0v) is 11.9. The van der Waals surface area contributed by atoms with Crippen molar-refractivity contribution in [1.82, 2.24) is 9.97 Å². The highest BCUT2D eigenvalue weighted by molar-refractivity contribution is 5.74. The smallest absolute Gasteiger partial charge is 0.314 e. The molecule has 0 fully saturated rings. The fraction of sp³-hybridized carbons (Fsp3) is 0.125. The number of rotatable bonds is 3. The number of ether oxygens (including phenoxy) is 1. The van der Waals surface area contributed by atoms with Gasteiger partial charge in [0, 0.05) is 5.56 Å². The van der Waals surface area contributed by atoms with Gasteiger partial charge >= 0.3 is 11.1 Å². The standard InChI is InChI=1S/C16H15N3O3/c1-22-13-5-3-2-4-10(13)14(17)9-6-7-11-12(8-9)19-16(21)15(20)18-11/h2-8,14H,17H2,1H3,(H,18,20)(H,19,21). The van der Waals surface area contributed by atoms with Crippen molar-refractivity contribution in [2.45, 2.75) is 6.04 Å². The van der Waals surface area contributed by atoms with Gasteiger partial charge in [0.2, 0.25) is 0 Å². The molecule has 6 nitrogen and oxygen atoms in total. The SMILES string of the molecule is COc1ccccc1C(N)c1ccc2[nH]c(=O)c(=O)[nH]c2c1. The Labute approximate surface area is 125 Å². The van der Waals surface area contributed by atoms with Crippen molar-refractivity contribution in [1.29, 1.82) is 0 Å². The molecule has 1 atom stereocenters. The quantitative estimate of drug-likeness (QED) is 0.634. The second-order valence-corrected chi connectivity index (χ2v) is 4.93. The Morgan fingerprint density at radius 1 is 1.00 bits per heavy atom. The van der Waals surface area contributed by atoms with Gasteiger partial charge in [0.15, 0.2) is 0 Å². The molecule has 0 radical (unpaired) electrons. The van der Waals surface area contributed by atoms with E-state index in [0.29, 0.717) is 16.8 Å². The zero-order valence-electron chi connectivity index (χ0n) is 11.9. The highest BCUT2D eigenvalue weighted by Gasteiger charge is 2.14. The number of aromatic nitrogens is 2. The second-order valence-electron chi connectivity index (χ2n) is 4.93. The van der Waals surface area contributed by atoms with Crippen LogP contribution in [0.4, 0.5) is 0 Å². The molecule has 0 saturated carbocycles. The molecule has 1 heterocycles. The molecule has 0 saturated heterocycles. The monoisotopic (exact) mass is 297 g/mol. The van der Waals surface area contributed by atoms with E-state index in [1.165, 1.54) is 0 Å². The summed E-state index contributed by atoms with van der Waals surface area (Å²) in [6.45, 7) is 0. The van der Waals surface area contributed by atoms with Gasteiger partial charge in [0.1, 0.15) is 5.75 Å². The van der Waals surface area contributed by atoms with Crippen LogP contribution < -0.4 is 21.6 Å². The summed E-state index contributed by atoms with van der Waals surface area (Å²) in [5.41, 5.74) is 7.69. The molecule has 22 heavy (non-hydrogen) atoms. The topological polar surface area (TPSA) is 101 Å². The Morgan fingerprint density at radius 3 is 2.41 bits per heavy atom. The summed E-state index contributed by atoms with van der Waals surface area (Å²) >= 11 is 0. The number of methoxy groups -OCH3 is 1. The number of hydrogen-bond acceptors (Lipinski definition) is 4. The lowest BCUT2D eigenvalue weighted by atomic mass is 9.98. The van der Waals surface area contributed by atoms with Crippen LogP contribution in [0.25, 0.3) is 11.0 Å². The Bertz CT molecular complexity index is 943. The molecule has 1 unspecified atom stereocenters. The van der Waals surface area contributed by atoms with Crippen LogP contribution in [0.5, 0.6) is 5.75 Å². The summed E-state index contributed by atoms with van der Waals surface area (Å²) in [7, 11) is 1.59. The first-order valence-electron chi connectivity index (χ1n) is 6.75. The number of nitrogens with two attached hydrogens (primary N) is 1. The molecule has 0 aliphatic heterocycles. The van der Waals surface area contributed by atoms with Crippen LogP contribution in [0.1, 0.15) is 17.2 Å². The normalized spacial score (nSPS) is 12.3. The maximum absolute atomic E-state index is 11.4. The summed E-state index contributed by atoms with van der Waals surface area (Å²) in [6.07, 6.45) is 0. The molecular weight excluding hydrogens is 282 g/mol. The van der Waals surface area contributed by atoms with Crippen LogP contribution in [0.3, 0.4) is 0 Å². The summed E-state index contributed by atoms with van der Waals surface area (Å²) < 4.78 is 5.32. The van der Waals surface area contributed by atoms with Gasteiger partial charge < -0.3 is 20.4 Å². The number of hydrogen-bond donors (Lipinski definition) is 3. The zero-order chi connectivity index (χ0) is 15.7. The van der Waals surface area contributed by atoms with E-state index in [-0.39, 0.29) is 0 Å². The molecule has 3 rings (SSSR count). The minimum atomic E-state index is -0.685. The molecule has 112 valence electrons. The summed E-state index contributed by atoms with van der Waals surface area (Å²) in [5, 5.41) is 0. The first-order valence-corrected chi connectivity index (χ1v) is 6.75. The van der Waals surface area contributed by atoms with Gasteiger partial charge in [-0.3, -0.25) is 9.59 Å². The molecule has 4 N–H and O–H groups in total. The molecule has 0 bridgehead atoms. The molecule has 0 aliphatic rings. The minimum Gasteiger partial charge on any atom is -0.496 e. The van der Waals surface area contributed by atoms with Crippen molar-refractivity contribution in [3.63, 3.8) is 0 Å². The number of benzene rings is 2. The number of aromatic amines is 2. The molecule has 2 aromatic carbocycles. The van der Waals surface area contributed by atoms with Crippen LogP contribution in [0, 0.1) is 0 Å². The predicted molar refractivity (Wildman–Crippen MR) is 84.2 cm³/mol. The average molecular weight is 297 g/mol. The van der Waals surface area contributed by atoms with Crippen molar-refractivity contribution in [3.8, 4) is 5.75 Å². The molecule has 6 heteroatoms. The van der Waals surface area contributed by atoms with Crippen LogP contribution in [-0.2, 0) is 0 Å². The van der Waals surface area contributed by atoms with Gasteiger partial charge in [0.05, 0.1) is 24.2 Å². The van der Waals surface area contributed by atoms with Crippen molar-refractivity contribution in [2.24, 2.45) is 5.73 Å². The fourth-order valence-electron chi connectivity index (χ4n) is 2.43. The molecule has 0 aliphatic carbocycles. The lowest BCUT2D eigenvalue weighted by Gasteiger charge is -2.16. The highest BCUT2D eigenvalue weighted by atomic mass is 16.5. The second kappa shape index (κ2) is 5.50. The van der Waals surface area contributed by atoms with Crippen molar-refractivity contribution in [3.05, 3.63) is 74.3 Å². The third-order valence-electron chi connectivity index (χ3n) is 3.58. The van der Waals surface area contributed by atoms with Gasteiger partial charge in [0.25, 0.3) is 0 Å². The molecule has 0 amide bonds. The van der Waals surface area contributed by atoms with Crippen LogP contribution >= 0.6 is 0 Å². The Kier molecular flexibility index (Phi) is 3.52. The highest BCUT2D eigenvalue weighted by Crippen LogP contribution is 2.28. The van der Waals surface area contributed by atoms with Crippen LogP contribution in [-0.4, -0.2) is 17.1 Å². The maximum Gasteiger partial charge on any atom is 0.314 e. The van der Waals surface area contributed by atoms with E-state index in [9.17, 15) is 9.59 Å². The lowest BCUT2D eigenvalue weighted by Crippen LogP contribution is -2.29. The van der Waals surface area contributed by atoms with Crippen LogP contribution in [0.2, 0.25) is 0 Å². The number of para-hydroxylation sites is 1. The van der Waals surface area contributed by atoms with Gasteiger partial charge in [-0.1, -0.05) is 24.3 Å². The van der Waals surface area contributed by atoms with E-state index in [1.807, 2.05) is 30.3 Å². The Balaban J connectivity index is 2.11. The number of H-pyrrole nitrogens is 2.